The topological polar surface area (TPSA) is 30.8 Å². The Morgan fingerprint density at radius 3 is 2.35 bits per heavy atom. The van der Waals surface area contributed by atoms with Crippen molar-refractivity contribution < 1.29 is 9.47 Å². The third-order valence-corrected chi connectivity index (χ3v) is 5.45. The van der Waals surface area contributed by atoms with Crippen molar-refractivity contribution in [3.05, 3.63) is 77.0 Å². The summed E-state index contributed by atoms with van der Waals surface area (Å²) in [7, 11) is 1.74. The average Bonchev–Trinajstić information content (AvgIpc) is 3.02. The van der Waals surface area contributed by atoms with E-state index in [2.05, 4.69) is 81.4 Å². The Morgan fingerprint density at radius 1 is 1.00 bits per heavy atom. The van der Waals surface area contributed by atoms with Crippen LogP contribution < -0.4 is 0 Å². The molecule has 1 aliphatic carbocycles. The molecule has 0 aromatic heterocycles. The first kappa shape index (κ1) is 16.9. The second kappa shape index (κ2) is 6.01. The van der Waals surface area contributed by atoms with Crippen LogP contribution in [-0.2, 0) is 9.47 Å². The highest BCUT2D eigenvalue weighted by atomic mass is 16.5. The first-order valence-corrected chi connectivity index (χ1v) is 9.09. The number of methoxy groups -OCH3 is 1. The minimum absolute atomic E-state index is 0.0764. The Morgan fingerprint density at radius 2 is 1.69 bits per heavy atom. The zero-order valence-corrected chi connectivity index (χ0v) is 15.8. The molecule has 0 bridgehead atoms. The molecule has 2 aromatic rings. The molecule has 3 nitrogen and oxygen atoms in total. The van der Waals surface area contributed by atoms with Crippen LogP contribution in [0, 0.1) is 5.41 Å². The molecule has 1 aliphatic heterocycles. The van der Waals surface area contributed by atoms with Crippen LogP contribution in [0.1, 0.15) is 43.4 Å². The van der Waals surface area contributed by atoms with Gasteiger partial charge in [-0.25, -0.2) is 4.99 Å². The smallest absolute Gasteiger partial charge is 0.198 e. The highest BCUT2D eigenvalue weighted by Crippen LogP contribution is 2.53. The summed E-state index contributed by atoms with van der Waals surface area (Å²) >= 11 is 0. The molecule has 0 fully saturated rings. The SMILES string of the molecule is COC1=Cc2ccccc2[C@H](c2ccccc2)[C@]1(C)C1=NC(C)(C)CO1. The Bertz CT molecular complexity index is 882. The van der Waals surface area contributed by atoms with Crippen molar-refractivity contribution in [2.24, 2.45) is 10.4 Å². The standard InChI is InChI=1S/C23H25NO2/c1-22(2)15-26-21(24-22)23(3)19(25-4)14-17-12-8-9-13-18(17)20(23)16-10-6-5-7-11-16/h5-14,20H,15H2,1-4H3/t20-,23+/m0/s1. The zero-order chi connectivity index (χ0) is 18.4. The van der Waals surface area contributed by atoms with Gasteiger partial charge in [0, 0.05) is 5.92 Å². The summed E-state index contributed by atoms with van der Waals surface area (Å²) in [5.74, 6) is 1.73. The Kier molecular flexibility index (Phi) is 3.91. The molecule has 0 unspecified atom stereocenters. The number of benzene rings is 2. The molecule has 2 aromatic carbocycles. The normalized spacial score (nSPS) is 26.4. The van der Waals surface area contributed by atoms with Crippen LogP contribution >= 0.6 is 0 Å². The van der Waals surface area contributed by atoms with Gasteiger partial charge in [-0.1, -0.05) is 54.6 Å². The first-order valence-electron chi connectivity index (χ1n) is 9.09. The van der Waals surface area contributed by atoms with Gasteiger partial charge in [-0.15, -0.1) is 0 Å². The maximum absolute atomic E-state index is 6.14. The van der Waals surface area contributed by atoms with Crippen molar-refractivity contribution in [2.75, 3.05) is 13.7 Å². The Balaban J connectivity index is 1.98. The third kappa shape index (κ3) is 2.54. The molecule has 0 saturated heterocycles. The summed E-state index contributed by atoms with van der Waals surface area (Å²) in [6, 6.07) is 19.1. The van der Waals surface area contributed by atoms with E-state index >= 15 is 0 Å². The van der Waals surface area contributed by atoms with Gasteiger partial charge in [-0.05, 0) is 43.5 Å². The van der Waals surface area contributed by atoms with Gasteiger partial charge in [-0.2, -0.15) is 0 Å². The fourth-order valence-electron chi connectivity index (χ4n) is 4.16. The lowest BCUT2D eigenvalue weighted by Gasteiger charge is -2.41. The monoisotopic (exact) mass is 347 g/mol. The number of ether oxygens (including phenoxy) is 2. The molecule has 26 heavy (non-hydrogen) atoms. The van der Waals surface area contributed by atoms with Gasteiger partial charge in [0.1, 0.15) is 17.8 Å². The Hall–Kier alpha value is -2.55. The van der Waals surface area contributed by atoms with E-state index in [0.29, 0.717) is 6.61 Å². The van der Waals surface area contributed by atoms with Gasteiger partial charge >= 0.3 is 0 Å². The van der Waals surface area contributed by atoms with Crippen molar-refractivity contribution in [3.8, 4) is 0 Å². The summed E-state index contributed by atoms with van der Waals surface area (Å²) in [4.78, 5) is 4.94. The van der Waals surface area contributed by atoms with Crippen LogP contribution in [0.2, 0.25) is 0 Å². The summed E-state index contributed by atoms with van der Waals surface area (Å²) in [5.41, 5.74) is 3.00. The van der Waals surface area contributed by atoms with Crippen molar-refractivity contribution in [2.45, 2.75) is 32.2 Å². The van der Waals surface area contributed by atoms with E-state index in [1.165, 1.54) is 16.7 Å². The van der Waals surface area contributed by atoms with Crippen LogP contribution in [0.3, 0.4) is 0 Å². The zero-order valence-electron chi connectivity index (χ0n) is 15.8. The van der Waals surface area contributed by atoms with Gasteiger partial charge < -0.3 is 9.47 Å². The first-order chi connectivity index (χ1) is 12.5. The van der Waals surface area contributed by atoms with Crippen molar-refractivity contribution in [1.29, 1.82) is 0 Å². The fraction of sp³-hybridized carbons (Fsp3) is 0.348. The molecule has 0 amide bonds. The molecular weight excluding hydrogens is 322 g/mol. The summed E-state index contributed by atoms with van der Waals surface area (Å²) < 4.78 is 12.0. The average molecular weight is 347 g/mol. The highest BCUT2D eigenvalue weighted by molar-refractivity contribution is 5.91. The number of nitrogens with zero attached hydrogens (tertiary/aromatic N) is 1. The Labute approximate surface area is 155 Å². The lowest BCUT2D eigenvalue weighted by Crippen LogP contribution is -2.40. The van der Waals surface area contributed by atoms with Gasteiger partial charge in [0.15, 0.2) is 5.90 Å². The number of hydrogen-bond acceptors (Lipinski definition) is 3. The second-order valence-electron chi connectivity index (χ2n) is 7.91. The molecule has 3 heteroatoms. The molecule has 0 N–H and O–H groups in total. The summed E-state index contributed by atoms with van der Waals surface area (Å²) in [6.45, 7) is 7.00. The van der Waals surface area contributed by atoms with Crippen LogP contribution in [0.4, 0.5) is 0 Å². The van der Waals surface area contributed by atoms with E-state index in [1.807, 2.05) is 0 Å². The fourth-order valence-corrected chi connectivity index (χ4v) is 4.16. The lowest BCUT2D eigenvalue weighted by molar-refractivity contribution is 0.181. The van der Waals surface area contributed by atoms with E-state index in [9.17, 15) is 0 Å². The van der Waals surface area contributed by atoms with Gasteiger partial charge in [0.25, 0.3) is 0 Å². The van der Waals surface area contributed by atoms with Gasteiger partial charge in [-0.3, -0.25) is 0 Å². The number of fused-ring (bicyclic) bond motifs is 1. The van der Waals surface area contributed by atoms with E-state index in [4.69, 9.17) is 14.5 Å². The highest BCUT2D eigenvalue weighted by Gasteiger charge is 2.51. The third-order valence-electron chi connectivity index (χ3n) is 5.45. The van der Waals surface area contributed by atoms with Crippen LogP contribution in [0.5, 0.6) is 0 Å². The predicted octanol–water partition coefficient (Wildman–Crippen LogP) is 5.03. The largest absolute Gasteiger partial charge is 0.500 e. The molecule has 0 radical (unpaired) electrons. The molecule has 4 rings (SSSR count). The minimum Gasteiger partial charge on any atom is -0.500 e. The van der Waals surface area contributed by atoms with E-state index < -0.39 is 5.41 Å². The molecule has 0 spiro atoms. The van der Waals surface area contributed by atoms with Crippen LogP contribution in [0.15, 0.2) is 65.3 Å². The molecule has 1 heterocycles. The van der Waals surface area contributed by atoms with Gasteiger partial charge in [0.05, 0.1) is 12.6 Å². The molecular formula is C23H25NO2. The van der Waals surface area contributed by atoms with Crippen molar-refractivity contribution in [3.63, 3.8) is 0 Å². The van der Waals surface area contributed by atoms with E-state index in [-0.39, 0.29) is 11.5 Å². The molecule has 2 aliphatic rings. The van der Waals surface area contributed by atoms with Crippen LogP contribution in [-0.4, -0.2) is 25.2 Å². The van der Waals surface area contributed by atoms with E-state index in [1.54, 1.807) is 7.11 Å². The van der Waals surface area contributed by atoms with Crippen molar-refractivity contribution >= 4 is 12.0 Å². The van der Waals surface area contributed by atoms with Crippen molar-refractivity contribution in [1.82, 2.24) is 0 Å². The lowest BCUT2D eigenvalue weighted by atomic mass is 9.64. The predicted molar refractivity (Wildman–Crippen MR) is 105 cm³/mol. The number of rotatable bonds is 3. The number of aliphatic imine (C=N–C) groups is 1. The molecule has 2 atom stereocenters. The molecule has 134 valence electrons. The van der Waals surface area contributed by atoms with E-state index in [0.717, 1.165) is 11.7 Å². The number of hydrogen-bond donors (Lipinski definition) is 0. The molecule has 0 saturated carbocycles. The van der Waals surface area contributed by atoms with Gasteiger partial charge in [0.2, 0.25) is 0 Å². The summed E-state index contributed by atoms with van der Waals surface area (Å²) in [5, 5.41) is 0. The quantitative estimate of drug-likeness (QED) is 0.779. The second-order valence-corrected chi connectivity index (χ2v) is 7.91. The van der Waals surface area contributed by atoms with Crippen LogP contribution in [0.25, 0.3) is 6.08 Å². The minimum atomic E-state index is -0.488. The maximum atomic E-state index is 6.14. The summed E-state index contributed by atoms with van der Waals surface area (Å²) in [6.07, 6.45) is 2.13. The maximum Gasteiger partial charge on any atom is 0.198 e.